The van der Waals surface area contributed by atoms with E-state index < -0.39 is 0 Å². The molecule has 0 bridgehead atoms. The highest BCUT2D eigenvalue weighted by molar-refractivity contribution is 5.53. The van der Waals surface area contributed by atoms with Crippen LogP contribution in [0, 0.1) is 13.8 Å². The van der Waals surface area contributed by atoms with Crippen LogP contribution in [0.25, 0.3) is 11.4 Å². The molecule has 0 aliphatic rings. The summed E-state index contributed by atoms with van der Waals surface area (Å²) in [5.41, 5.74) is 2.21. The number of nitrogens with zero attached hydrogens (tertiary/aromatic N) is 4. The first-order valence-electron chi connectivity index (χ1n) is 5.87. The summed E-state index contributed by atoms with van der Waals surface area (Å²) in [5.74, 6) is 1.94. The van der Waals surface area contributed by atoms with Gasteiger partial charge in [-0.3, -0.25) is 0 Å². The summed E-state index contributed by atoms with van der Waals surface area (Å²) in [6.07, 6.45) is 7.57. The normalized spacial score (nSPS) is 10.8. The Bertz CT molecular complexity index is 619. The van der Waals surface area contributed by atoms with Gasteiger partial charge in [0.05, 0.1) is 11.4 Å². The molecule has 90 valence electrons. The molecule has 0 atom stereocenters. The van der Waals surface area contributed by atoms with E-state index in [9.17, 15) is 0 Å². The van der Waals surface area contributed by atoms with Gasteiger partial charge in [0.2, 0.25) is 0 Å². The molecule has 0 saturated heterocycles. The molecule has 4 nitrogen and oxygen atoms in total. The van der Waals surface area contributed by atoms with Gasteiger partial charge in [-0.15, -0.1) is 0 Å². The van der Waals surface area contributed by atoms with Crippen molar-refractivity contribution >= 4 is 0 Å². The van der Waals surface area contributed by atoms with Gasteiger partial charge in [0.15, 0.2) is 0 Å². The third kappa shape index (κ3) is 1.62. The van der Waals surface area contributed by atoms with Crippen molar-refractivity contribution in [1.82, 2.24) is 19.1 Å². The number of hydrogen-bond acceptors (Lipinski definition) is 2. The maximum absolute atomic E-state index is 4.28. The van der Waals surface area contributed by atoms with Gasteiger partial charge < -0.3 is 9.13 Å². The molecule has 0 amide bonds. The monoisotopic (exact) mass is 238 g/mol. The topological polar surface area (TPSA) is 35.6 Å². The molecule has 0 radical (unpaired) electrons. The number of para-hydroxylation sites is 2. The first-order chi connectivity index (χ1) is 8.77. The highest BCUT2D eigenvalue weighted by Gasteiger charge is 2.09. The van der Waals surface area contributed by atoms with Crippen molar-refractivity contribution in [1.29, 1.82) is 0 Å². The maximum atomic E-state index is 4.28. The molecule has 2 heterocycles. The molecule has 0 N–H and O–H groups in total. The summed E-state index contributed by atoms with van der Waals surface area (Å²) in [6.45, 7) is 4.00. The molecule has 1 aromatic carbocycles. The second kappa shape index (κ2) is 4.14. The van der Waals surface area contributed by atoms with E-state index in [0.717, 1.165) is 23.0 Å². The van der Waals surface area contributed by atoms with Gasteiger partial charge in [-0.1, -0.05) is 12.1 Å². The average Bonchev–Trinajstić information content (AvgIpc) is 2.98. The molecule has 0 spiro atoms. The Hall–Kier alpha value is -2.36. The molecule has 18 heavy (non-hydrogen) atoms. The van der Waals surface area contributed by atoms with Crippen molar-refractivity contribution in [3.8, 4) is 11.4 Å². The van der Waals surface area contributed by atoms with Gasteiger partial charge in [-0.2, -0.15) is 0 Å². The summed E-state index contributed by atoms with van der Waals surface area (Å²) >= 11 is 0. The quantitative estimate of drug-likeness (QED) is 0.688. The Kier molecular flexibility index (Phi) is 2.48. The average molecular weight is 238 g/mol. The zero-order valence-corrected chi connectivity index (χ0v) is 10.4. The molecular weight excluding hydrogens is 224 g/mol. The third-order valence-electron chi connectivity index (χ3n) is 3.05. The predicted molar refractivity (Wildman–Crippen MR) is 70.2 cm³/mol. The highest BCUT2D eigenvalue weighted by atomic mass is 15.1. The lowest BCUT2D eigenvalue weighted by atomic mass is 10.2. The Morgan fingerprint density at radius 3 is 1.56 bits per heavy atom. The number of aromatic nitrogens is 4. The van der Waals surface area contributed by atoms with E-state index in [1.54, 1.807) is 0 Å². The van der Waals surface area contributed by atoms with E-state index >= 15 is 0 Å². The molecular formula is C14H14N4. The summed E-state index contributed by atoms with van der Waals surface area (Å²) in [4.78, 5) is 8.55. The first-order valence-corrected chi connectivity index (χ1v) is 5.87. The smallest absolute Gasteiger partial charge is 0.110 e. The van der Waals surface area contributed by atoms with Gasteiger partial charge in [-0.25, -0.2) is 9.97 Å². The van der Waals surface area contributed by atoms with Gasteiger partial charge in [0.25, 0.3) is 0 Å². The number of imidazole rings is 2. The lowest BCUT2D eigenvalue weighted by Gasteiger charge is -2.13. The molecule has 3 aromatic rings. The second-order valence-electron chi connectivity index (χ2n) is 4.18. The minimum atomic E-state index is 0.972. The van der Waals surface area contributed by atoms with Crippen LogP contribution in [0.5, 0.6) is 0 Å². The SMILES string of the molecule is Cc1nccn1-c1ccccc1-n1ccnc1C. The van der Waals surface area contributed by atoms with Crippen molar-refractivity contribution in [3.63, 3.8) is 0 Å². The fraction of sp³-hybridized carbons (Fsp3) is 0.143. The van der Waals surface area contributed by atoms with Crippen LogP contribution in [-0.2, 0) is 0 Å². The van der Waals surface area contributed by atoms with Crippen LogP contribution < -0.4 is 0 Å². The lowest BCUT2D eigenvalue weighted by Crippen LogP contribution is -2.04. The van der Waals surface area contributed by atoms with Crippen molar-refractivity contribution in [2.24, 2.45) is 0 Å². The Labute approximate surface area is 106 Å². The van der Waals surface area contributed by atoms with Crippen LogP contribution in [0.15, 0.2) is 49.1 Å². The van der Waals surface area contributed by atoms with E-state index in [1.807, 2.05) is 50.8 Å². The van der Waals surface area contributed by atoms with Gasteiger partial charge in [0.1, 0.15) is 11.6 Å². The fourth-order valence-electron chi connectivity index (χ4n) is 2.14. The summed E-state index contributed by atoms with van der Waals surface area (Å²) in [5, 5.41) is 0. The first kappa shape index (κ1) is 10.8. The van der Waals surface area contributed by atoms with Crippen LogP contribution in [0.2, 0.25) is 0 Å². The van der Waals surface area contributed by atoms with Crippen molar-refractivity contribution < 1.29 is 0 Å². The molecule has 4 heteroatoms. The number of rotatable bonds is 2. The van der Waals surface area contributed by atoms with Crippen molar-refractivity contribution in [2.45, 2.75) is 13.8 Å². The van der Waals surface area contributed by atoms with E-state index in [1.165, 1.54) is 0 Å². The molecule has 2 aromatic heterocycles. The van der Waals surface area contributed by atoms with Crippen LogP contribution in [0.4, 0.5) is 0 Å². The number of benzene rings is 1. The van der Waals surface area contributed by atoms with E-state index in [4.69, 9.17) is 0 Å². The fourth-order valence-corrected chi connectivity index (χ4v) is 2.14. The number of aryl methyl sites for hydroxylation is 2. The Morgan fingerprint density at radius 2 is 1.22 bits per heavy atom. The molecule has 0 aliphatic carbocycles. The molecule has 3 rings (SSSR count). The Morgan fingerprint density at radius 1 is 0.778 bits per heavy atom. The predicted octanol–water partition coefficient (Wildman–Crippen LogP) is 2.67. The van der Waals surface area contributed by atoms with Crippen molar-refractivity contribution in [2.75, 3.05) is 0 Å². The minimum absolute atomic E-state index is 0.972. The zero-order chi connectivity index (χ0) is 12.5. The zero-order valence-electron chi connectivity index (χ0n) is 10.4. The number of hydrogen-bond donors (Lipinski definition) is 0. The lowest BCUT2D eigenvalue weighted by molar-refractivity contribution is 0.918. The maximum Gasteiger partial charge on any atom is 0.110 e. The summed E-state index contributed by atoms with van der Waals surface area (Å²) in [6, 6.07) is 8.24. The minimum Gasteiger partial charge on any atom is -0.302 e. The van der Waals surface area contributed by atoms with Gasteiger partial charge in [0, 0.05) is 24.8 Å². The Balaban J connectivity index is 2.24. The third-order valence-corrected chi connectivity index (χ3v) is 3.05. The van der Waals surface area contributed by atoms with Gasteiger partial charge >= 0.3 is 0 Å². The summed E-state index contributed by atoms with van der Waals surface area (Å²) in [7, 11) is 0. The molecule has 0 aliphatic heterocycles. The summed E-state index contributed by atoms with van der Waals surface area (Å²) < 4.78 is 4.16. The molecule has 0 unspecified atom stereocenters. The highest BCUT2D eigenvalue weighted by Crippen LogP contribution is 2.21. The largest absolute Gasteiger partial charge is 0.302 e. The van der Waals surface area contributed by atoms with Crippen LogP contribution >= 0.6 is 0 Å². The van der Waals surface area contributed by atoms with E-state index in [-0.39, 0.29) is 0 Å². The van der Waals surface area contributed by atoms with Crippen LogP contribution in [-0.4, -0.2) is 19.1 Å². The standard InChI is InChI=1S/C14H14N4/c1-11-15-7-9-17(11)13-5-3-4-6-14(13)18-10-8-16-12(18)2/h3-10H,1-2H3. The van der Waals surface area contributed by atoms with Crippen LogP contribution in [0.3, 0.4) is 0 Å². The molecule has 0 saturated carbocycles. The van der Waals surface area contributed by atoms with Crippen LogP contribution in [0.1, 0.15) is 11.6 Å². The van der Waals surface area contributed by atoms with E-state index in [0.29, 0.717) is 0 Å². The van der Waals surface area contributed by atoms with Crippen molar-refractivity contribution in [3.05, 3.63) is 60.7 Å². The van der Waals surface area contributed by atoms with Gasteiger partial charge in [-0.05, 0) is 26.0 Å². The van der Waals surface area contributed by atoms with E-state index in [2.05, 4.69) is 31.2 Å². The molecule has 0 fully saturated rings. The second-order valence-corrected chi connectivity index (χ2v) is 4.18.